The van der Waals surface area contributed by atoms with Crippen LogP contribution in [0.4, 0.5) is 0 Å². The van der Waals surface area contributed by atoms with Gasteiger partial charge in [0.25, 0.3) is 0 Å². The highest BCUT2D eigenvalue weighted by atomic mass is 14.8. The van der Waals surface area contributed by atoms with Crippen LogP contribution in [0.5, 0.6) is 0 Å². The minimum absolute atomic E-state index is 1.05. The van der Waals surface area contributed by atoms with Crippen LogP contribution in [0.1, 0.15) is 13.3 Å². The van der Waals surface area contributed by atoms with Crippen LogP contribution in [-0.4, -0.2) is 6.54 Å². The summed E-state index contributed by atoms with van der Waals surface area (Å²) >= 11 is 0. The molecule has 0 amide bonds. The summed E-state index contributed by atoms with van der Waals surface area (Å²) in [4.78, 5) is 0. The summed E-state index contributed by atoms with van der Waals surface area (Å²) in [6.45, 7) is 3.09. The van der Waals surface area contributed by atoms with E-state index in [9.17, 15) is 0 Å². The molecule has 1 aliphatic rings. The molecule has 1 heteroatoms. The van der Waals surface area contributed by atoms with E-state index in [-0.39, 0.29) is 0 Å². The first-order valence-electron chi connectivity index (χ1n) is 3.65. The lowest BCUT2D eigenvalue weighted by atomic mass is 10.1. The van der Waals surface area contributed by atoms with E-state index in [4.69, 9.17) is 0 Å². The molecular weight excluding hydrogens is 122 g/mol. The first kappa shape index (κ1) is 7.13. The van der Waals surface area contributed by atoms with Crippen LogP contribution in [-0.2, 0) is 0 Å². The molecule has 1 N–H and O–H groups in total. The highest BCUT2D eigenvalue weighted by Gasteiger charge is 1.91. The van der Waals surface area contributed by atoms with E-state index < -0.39 is 0 Å². The van der Waals surface area contributed by atoms with Crippen LogP contribution in [0.3, 0.4) is 0 Å². The number of rotatable bonds is 1. The Balaban J connectivity index is 2.57. The molecule has 0 saturated heterocycles. The SMILES string of the molecule is C/C=C\C1=CC=CNCC1. The van der Waals surface area contributed by atoms with Gasteiger partial charge in [-0.25, -0.2) is 0 Å². The summed E-state index contributed by atoms with van der Waals surface area (Å²) in [5, 5.41) is 3.17. The summed E-state index contributed by atoms with van der Waals surface area (Å²) in [6, 6.07) is 0. The van der Waals surface area contributed by atoms with Crippen LogP contribution in [0, 0.1) is 0 Å². The van der Waals surface area contributed by atoms with Crippen molar-refractivity contribution >= 4 is 0 Å². The molecule has 0 radical (unpaired) electrons. The van der Waals surface area contributed by atoms with Crippen molar-refractivity contribution in [1.29, 1.82) is 0 Å². The summed E-state index contributed by atoms with van der Waals surface area (Å²) in [5.41, 5.74) is 1.39. The summed E-state index contributed by atoms with van der Waals surface area (Å²) in [6.07, 6.45) is 11.5. The molecule has 0 atom stereocenters. The van der Waals surface area contributed by atoms with Gasteiger partial charge in [-0.1, -0.05) is 18.2 Å². The second-order valence-electron chi connectivity index (χ2n) is 2.30. The Labute approximate surface area is 62.1 Å². The van der Waals surface area contributed by atoms with E-state index in [0.717, 1.165) is 13.0 Å². The third-order valence-electron chi connectivity index (χ3n) is 1.46. The Bertz CT molecular complexity index is 175. The lowest BCUT2D eigenvalue weighted by Crippen LogP contribution is -2.04. The maximum absolute atomic E-state index is 3.17. The van der Waals surface area contributed by atoms with Crippen molar-refractivity contribution in [2.75, 3.05) is 6.54 Å². The van der Waals surface area contributed by atoms with Gasteiger partial charge < -0.3 is 5.32 Å². The minimum Gasteiger partial charge on any atom is -0.391 e. The third-order valence-corrected chi connectivity index (χ3v) is 1.46. The second-order valence-corrected chi connectivity index (χ2v) is 2.30. The fourth-order valence-corrected chi connectivity index (χ4v) is 0.976. The maximum Gasteiger partial charge on any atom is 0.0181 e. The van der Waals surface area contributed by atoms with Crippen LogP contribution >= 0.6 is 0 Å². The Morgan fingerprint density at radius 3 is 3.30 bits per heavy atom. The number of hydrogen-bond donors (Lipinski definition) is 1. The van der Waals surface area contributed by atoms with Gasteiger partial charge in [-0.15, -0.1) is 0 Å². The molecule has 54 valence electrons. The zero-order chi connectivity index (χ0) is 7.23. The minimum atomic E-state index is 1.05. The highest BCUT2D eigenvalue weighted by molar-refractivity contribution is 5.24. The first-order chi connectivity index (χ1) is 4.93. The molecule has 1 rings (SSSR count). The van der Waals surface area contributed by atoms with E-state index in [0.29, 0.717) is 0 Å². The smallest absolute Gasteiger partial charge is 0.0181 e. The predicted octanol–water partition coefficient (Wildman–Crippen LogP) is 2.00. The van der Waals surface area contributed by atoms with Gasteiger partial charge in [-0.3, -0.25) is 0 Å². The molecule has 0 aromatic carbocycles. The van der Waals surface area contributed by atoms with Gasteiger partial charge in [-0.05, 0) is 31.2 Å². The molecule has 0 fully saturated rings. The largest absolute Gasteiger partial charge is 0.391 e. The highest BCUT2D eigenvalue weighted by Crippen LogP contribution is 2.04. The lowest BCUT2D eigenvalue weighted by Gasteiger charge is -1.96. The van der Waals surface area contributed by atoms with Crippen molar-refractivity contribution in [3.05, 3.63) is 36.1 Å². The molecule has 0 saturated carbocycles. The van der Waals surface area contributed by atoms with Crippen molar-refractivity contribution in [3.63, 3.8) is 0 Å². The number of hydrogen-bond acceptors (Lipinski definition) is 1. The van der Waals surface area contributed by atoms with E-state index in [1.807, 2.05) is 19.2 Å². The third kappa shape index (κ3) is 2.09. The molecule has 0 aromatic heterocycles. The van der Waals surface area contributed by atoms with Crippen LogP contribution < -0.4 is 5.32 Å². The number of nitrogens with one attached hydrogen (secondary N) is 1. The molecule has 0 unspecified atom stereocenters. The first-order valence-corrected chi connectivity index (χ1v) is 3.65. The Morgan fingerprint density at radius 1 is 1.60 bits per heavy atom. The monoisotopic (exact) mass is 135 g/mol. The molecule has 10 heavy (non-hydrogen) atoms. The van der Waals surface area contributed by atoms with Crippen molar-refractivity contribution < 1.29 is 0 Å². The lowest BCUT2D eigenvalue weighted by molar-refractivity contribution is 0.844. The standard InChI is InChI=1S/C9H13N/c1-2-4-9-5-3-7-10-8-6-9/h2-5,7,10H,6,8H2,1H3/b4-2-. The fourth-order valence-electron chi connectivity index (χ4n) is 0.976. The molecule has 0 bridgehead atoms. The Hall–Kier alpha value is -0.980. The van der Waals surface area contributed by atoms with E-state index in [2.05, 4.69) is 23.5 Å². The average Bonchev–Trinajstić information content (AvgIpc) is 2.17. The van der Waals surface area contributed by atoms with Gasteiger partial charge in [0.2, 0.25) is 0 Å². The molecule has 0 aliphatic carbocycles. The van der Waals surface area contributed by atoms with E-state index >= 15 is 0 Å². The zero-order valence-electron chi connectivity index (χ0n) is 6.30. The topological polar surface area (TPSA) is 12.0 Å². The van der Waals surface area contributed by atoms with Gasteiger partial charge in [0.05, 0.1) is 0 Å². The van der Waals surface area contributed by atoms with Crippen molar-refractivity contribution in [2.24, 2.45) is 0 Å². The molecule has 1 heterocycles. The summed E-state index contributed by atoms with van der Waals surface area (Å²) in [5.74, 6) is 0. The summed E-state index contributed by atoms with van der Waals surface area (Å²) < 4.78 is 0. The van der Waals surface area contributed by atoms with E-state index in [1.54, 1.807) is 0 Å². The predicted molar refractivity (Wildman–Crippen MR) is 44.7 cm³/mol. The normalized spacial score (nSPS) is 18.3. The van der Waals surface area contributed by atoms with Crippen LogP contribution in [0.2, 0.25) is 0 Å². The quantitative estimate of drug-likeness (QED) is 0.580. The van der Waals surface area contributed by atoms with Crippen molar-refractivity contribution in [2.45, 2.75) is 13.3 Å². The average molecular weight is 135 g/mol. The fraction of sp³-hybridized carbons (Fsp3) is 0.333. The van der Waals surface area contributed by atoms with Crippen molar-refractivity contribution in [1.82, 2.24) is 5.32 Å². The van der Waals surface area contributed by atoms with Gasteiger partial charge in [0.1, 0.15) is 0 Å². The zero-order valence-corrected chi connectivity index (χ0v) is 6.30. The van der Waals surface area contributed by atoms with Crippen LogP contribution in [0.25, 0.3) is 0 Å². The molecule has 1 nitrogen and oxygen atoms in total. The molecular formula is C9H13N. The second kappa shape index (κ2) is 3.94. The van der Waals surface area contributed by atoms with Gasteiger partial charge in [0.15, 0.2) is 0 Å². The maximum atomic E-state index is 3.17. The van der Waals surface area contributed by atoms with Gasteiger partial charge in [-0.2, -0.15) is 0 Å². The molecule has 1 aliphatic heterocycles. The van der Waals surface area contributed by atoms with E-state index in [1.165, 1.54) is 5.57 Å². The summed E-state index contributed by atoms with van der Waals surface area (Å²) in [7, 11) is 0. The van der Waals surface area contributed by atoms with Gasteiger partial charge in [0, 0.05) is 6.54 Å². The van der Waals surface area contributed by atoms with Crippen LogP contribution in [0.15, 0.2) is 36.1 Å². The van der Waals surface area contributed by atoms with Gasteiger partial charge >= 0.3 is 0 Å². The number of allylic oxidation sites excluding steroid dienone is 4. The molecule has 0 aromatic rings. The molecule has 0 spiro atoms. The van der Waals surface area contributed by atoms with Crippen molar-refractivity contribution in [3.8, 4) is 0 Å². The Kier molecular flexibility index (Phi) is 2.81. The Morgan fingerprint density at radius 2 is 2.50 bits per heavy atom.